The molecule has 8 nitrogen and oxygen atoms in total. The number of hydrogen-bond donors (Lipinski definition) is 1. The summed E-state index contributed by atoms with van der Waals surface area (Å²) in [5, 5.41) is 2.81. The van der Waals surface area contributed by atoms with Crippen LogP contribution in [0.2, 0.25) is 0 Å². The summed E-state index contributed by atoms with van der Waals surface area (Å²) in [5.74, 6) is 0.729. The molecule has 0 spiro atoms. The number of hydrogen-bond acceptors (Lipinski definition) is 7. The fourth-order valence-corrected chi connectivity index (χ4v) is 5.23. The van der Waals surface area contributed by atoms with Crippen molar-refractivity contribution in [1.29, 1.82) is 0 Å². The number of amides is 1. The minimum absolute atomic E-state index is 0.0433. The molecule has 0 atom stereocenters. The maximum atomic E-state index is 13.7. The predicted octanol–water partition coefficient (Wildman–Crippen LogP) is 4.27. The number of thioether (sulfide) groups is 1. The van der Waals surface area contributed by atoms with E-state index in [1.807, 2.05) is 18.4 Å². The second-order valence-electron chi connectivity index (χ2n) is 6.97. The van der Waals surface area contributed by atoms with Gasteiger partial charge in [0.15, 0.2) is 11.5 Å². The first kappa shape index (κ1) is 25.3. The lowest BCUT2D eigenvalue weighted by atomic mass is 10.3. The molecule has 34 heavy (non-hydrogen) atoms. The molecule has 3 aromatic rings. The minimum atomic E-state index is -4.14. The highest BCUT2D eigenvalue weighted by Crippen LogP contribution is 2.33. The smallest absolute Gasteiger partial charge is 0.264 e. The molecule has 0 bridgehead atoms. The zero-order valence-electron chi connectivity index (χ0n) is 19.3. The summed E-state index contributed by atoms with van der Waals surface area (Å²) in [6.45, 7) is -0.439. The van der Waals surface area contributed by atoms with Gasteiger partial charge in [-0.15, -0.1) is 11.8 Å². The van der Waals surface area contributed by atoms with Crippen molar-refractivity contribution in [3.05, 3.63) is 66.7 Å². The van der Waals surface area contributed by atoms with E-state index in [2.05, 4.69) is 5.32 Å². The summed E-state index contributed by atoms with van der Waals surface area (Å²) < 4.78 is 44.1. The Hall–Kier alpha value is -3.37. The lowest BCUT2D eigenvalue weighted by Crippen LogP contribution is -2.38. The van der Waals surface area contributed by atoms with E-state index < -0.39 is 22.5 Å². The molecular formula is C24H26N2O6S2. The molecule has 10 heteroatoms. The number of nitrogens with zero attached hydrogens (tertiary/aromatic N) is 1. The molecule has 1 N–H and O–H groups in total. The molecule has 1 amide bonds. The van der Waals surface area contributed by atoms with Gasteiger partial charge in [-0.25, -0.2) is 8.42 Å². The van der Waals surface area contributed by atoms with Crippen LogP contribution >= 0.6 is 11.8 Å². The number of carbonyl (C=O) groups excluding carboxylic acids is 1. The molecule has 0 unspecified atom stereocenters. The van der Waals surface area contributed by atoms with Crippen LogP contribution in [0.25, 0.3) is 0 Å². The quantitative estimate of drug-likeness (QED) is 0.414. The number of nitrogens with one attached hydrogen (secondary N) is 1. The van der Waals surface area contributed by atoms with Crippen molar-refractivity contribution in [1.82, 2.24) is 0 Å². The Kier molecular flexibility index (Phi) is 8.30. The Balaban J connectivity index is 2.00. The molecule has 0 aromatic heterocycles. The van der Waals surface area contributed by atoms with E-state index in [4.69, 9.17) is 14.2 Å². The summed E-state index contributed by atoms with van der Waals surface area (Å²) in [7, 11) is 0.262. The molecule has 0 saturated heterocycles. The van der Waals surface area contributed by atoms with E-state index >= 15 is 0 Å². The van der Waals surface area contributed by atoms with Crippen LogP contribution in [-0.4, -0.2) is 48.5 Å². The van der Waals surface area contributed by atoms with Crippen molar-refractivity contribution in [2.24, 2.45) is 0 Å². The third kappa shape index (κ3) is 5.57. The fourth-order valence-electron chi connectivity index (χ4n) is 3.24. The minimum Gasteiger partial charge on any atom is -0.497 e. The van der Waals surface area contributed by atoms with Crippen LogP contribution in [0.1, 0.15) is 0 Å². The Labute approximate surface area is 203 Å². The number of sulfonamides is 1. The zero-order valence-corrected chi connectivity index (χ0v) is 20.9. The highest BCUT2D eigenvalue weighted by Gasteiger charge is 2.28. The third-order valence-corrected chi connectivity index (χ3v) is 7.54. The SMILES string of the molecule is COc1ccc(N(CC(=O)Nc2ccccc2SC)S(=O)(=O)c2ccc(OC)c(OC)c2)cc1. The van der Waals surface area contributed by atoms with Crippen LogP contribution in [0.3, 0.4) is 0 Å². The highest BCUT2D eigenvalue weighted by atomic mass is 32.2. The van der Waals surface area contributed by atoms with Gasteiger partial charge in [0.25, 0.3) is 10.0 Å². The van der Waals surface area contributed by atoms with Gasteiger partial charge in [-0.05, 0) is 54.8 Å². The molecule has 3 aromatic carbocycles. The molecule has 0 aliphatic heterocycles. The van der Waals surface area contributed by atoms with Crippen LogP contribution in [0, 0.1) is 0 Å². The second-order valence-corrected chi connectivity index (χ2v) is 9.69. The molecule has 0 fully saturated rings. The number of anilines is 2. The summed E-state index contributed by atoms with van der Waals surface area (Å²) in [6.07, 6.45) is 1.90. The van der Waals surface area contributed by atoms with Crippen LogP contribution in [0.5, 0.6) is 17.2 Å². The van der Waals surface area contributed by atoms with Crippen LogP contribution < -0.4 is 23.8 Å². The number of para-hydroxylation sites is 1. The van der Waals surface area contributed by atoms with Crippen molar-refractivity contribution >= 4 is 39.1 Å². The van der Waals surface area contributed by atoms with E-state index in [0.29, 0.717) is 22.9 Å². The van der Waals surface area contributed by atoms with E-state index in [0.717, 1.165) is 9.20 Å². The first-order chi connectivity index (χ1) is 16.3. The molecular weight excluding hydrogens is 476 g/mol. The molecule has 0 radical (unpaired) electrons. The molecule has 0 saturated carbocycles. The van der Waals surface area contributed by atoms with Gasteiger partial charge in [0.05, 0.1) is 37.6 Å². The average molecular weight is 503 g/mol. The molecule has 0 aliphatic carbocycles. The van der Waals surface area contributed by atoms with E-state index in [1.54, 1.807) is 36.4 Å². The summed E-state index contributed by atoms with van der Waals surface area (Å²) in [4.78, 5) is 13.8. The van der Waals surface area contributed by atoms with Gasteiger partial charge in [0, 0.05) is 11.0 Å². The van der Waals surface area contributed by atoms with Gasteiger partial charge in [-0.1, -0.05) is 12.1 Å². The Bertz CT molecular complexity index is 1250. The van der Waals surface area contributed by atoms with E-state index in [9.17, 15) is 13.2 Å². The monoisotopic (exact) mass is 502 g/mol. The topological polar surface area (TPSA) is 94.2 Å². The van der Waals surface area contributed by atoms with Crippen LogP contribution in [0.15, 0.2) is 76.5 Å². The van der Waals surface area contributed by atoms with Crippen molar-refractivity contribution < 1.29 is 27.4 Å². The summed E-state index contributed by atoms with van der Waals surface area (Å²) in [6, 6.07) is 18.0. The molecule has 0 aliphatic rings. The number of methoxy groups -OCH3 is 3. The maximum absolute atomic E-state index is 13.7. The van der Waals surface area contributed by atoms with Crippen molar-refractivity contribution in [3.63, 3.8) is 0 Å². The van der Waals surface area contributed by atoms with E-state index in [-0.39, 0.29) is 10.6 Å². The van der Waals surface area contributed by atoms with Crippen molar-refractivity contribution in [2.45, 2.75) is 9.79 Å². The number of benzene rings is 3. The predicted molar refractivity (Wildman–Crippen MR) is 134 cm³/mol. The Morgan fingerprint density at radius 1 is 0.912 bits per heavy atom. The molecule has 0 heterocycles. The van der Waals surface area contributed by atoms with Gasteiger partial charge in [0.2, 0.25) is 5.91 Å². The van der Waals surface area contributed by atoms with Crippen molar-refractivity contribution in [3.8, 4) is 17.2 Å². The number of carbonyl (C=O) groups is 1. The first-order valence-electron chi connectivity index (χ1n) is 10.2. The zero-order chi connectivity index (χ0) is 24.7. The second kappa shape index (κ2) is 11.2. The van der Waals surface area contributed by atoms with Gasteiger partial charge >= 0.3 is 0 Å². The average Bonchev–Trinajstić information content (AvgIpc) is 2.87. The number of ether oxygens (including phenoxy) is 3. The summed E-state index contributed by atoms with van der Waals surface area (Å²) >= 11 is 1.48. The number of rotatable bonds is 10. The van der Waals surface area contributed by atoms with Crippen molar-refractivity contribution in [2.75, 3.05) is 43.8 Å². The fraction of sp³-hybridized carbons (Fsp3) is 0.208. The Morgan fingerprint density at radius 3 is 2.21 bits per heavy atom. The lowest BCUT2D eigenvalue weighted by molar-refractivity contribution is -0.114. The van der Waals surface area contributed by atoms with Gasteiger partial charge in [-0.2, -0.15) is 0 Å². The van der Waals surface area contributed by atoms with Gasteiger partial charge in [0.1, 0.15) is 12.3 Å². The van der Waals surface area contributed by atoms with Crippen LogP contribution in [0.4, 0.5) is 11.4 Å². The maximum Gasteiger partial charge on any atom is 0.264 e. The largest absolute Gasteiger partial charge is 0.497 e. The Morgan fingerprint density at radius 2 is 1.59 bits per heavy atom. The van der Waals surface area contributed by atoms with Gasteiger partial charge < -0.3 is 19.5 Å². The van der Waals surface area contributed by atoms with E-state index in [1.165, 1.54) is 51.3 Å². The molecule has 3 rings (SSSR count). The summed E-state index contributed by atoms with van der Waals surface area (Å²) in [5.41, 5.74) is 0.919. The highest BCUT2D eigenvalue weighted by molar-refractivity contribution is 7.98. The van der Waals surface area contributed by atoms with Crippen LogP contribution in [-0.2, 0) is 14.8 Å². The normalized spacial score (nSPS) is 10.9. The van der Waals surface area contributed by atoms with Gasteiger partial charge in [-0.3, -0.25) is 9.10 Å². The third-order valence-electron chi connectivity index (χ3n) is 4.97. The lowest BCUT2D eigenvalue weighted by Gasteiger charge is -2.25. The first-order valence-corrected chi connectivity index (χ1v) is 12.8. The standard InChI is InChI=1S/C24H26N2O6S2/c1-30-18-11-9-17(10-12-18)26(16-24(27)25-20-7-5-6-8-23(20)33-4)34(28,29)19-13-14-21(31-2)22(15-19)32-3/h5-15H,16H2,1-4H3,(H,25,27). The molecule has 180 valence electrons.